The predicted octanol–water partition coefficient (Wildman–Crippen LogP) is 5.33. The van der Waals surface area contributed by atoms with Crippen molar-refractivity contribution in [3.63, 3.8) is 0 Å². The van der Waals surface area contributed by atoms with Gasteiger partial charge in [0.25, 0.3) is 0 Å². The Morgan fingerprint density at radius 2 is 1.76 bits per heavy atom. The summed E-state index contributed by atoms with van der Waals surface area (Å²) in [5.41, 5.74) is 1.35. The largest absolute Gasteiger partial charge is 0.422 e. The highest BCUT2D eigenvalue weighted by atomic mass is 35.5. The van der Waals surface area contributed by atoms with Crippen molar-refractivity contribution in [1.82, 2.24) is 0 Å². The van der Waals surface area contributed by atoms with Crippen molar-refractivity contribution in [2.75, 3.05) is 0 Å². The van der Waals surface area contributed by atoms with E-state index < -0.39 is 0 Å². The molecule has 4 rings (SSSR count). The minimum atomic E-state index is -0.307. The fourth-order valence-electron chi connectivity index (χ4n) is 2.41. The maximum absolute atomic E-state index is 12.1. The molecule has 2 aromatic carbocycles. The zero-order valence-corrected chi connectivity index (χ0v) is 12.4. The van der Waals surface area contributed by atoms with Gasteiger partial charge in [-0.2, -0.15) is 0 Å². The van der Waals surface area contributed by atoms with E-state index in [2.05, 4.69) is 0 Å². The molecule has 0 aliphatic heterocycles. The van der Waals surface area contributed by atoms with E-state index in [9.17, 15) is 4.79 Å². The van der Waals surface area contributed by atoms with E-state index >= 15 is 0 Å². The summed E-state index contributed by atoms with van der Waals surface area (Å²) in [6, 6.07) is 17.2. The second-order valence-electron chi connectivity index (χ2n) is 4.75. The first-order valence-corrected chi connectivity index (χ1v) is 7.63. The third-order valence-electron chi connectivity index (χ3n) is 3.40. The second-order valence-corrected chi connectivity index (χ2v) is 6.24. The Morgan fingerprint density at radius 1 is 0.952 bits per heavy atom. The summed E-state index contributed by atoms with van der Waals surface area (Å²) in [4.78, 5) is 13.2. The quantitative estimate of drug-likeness (QED) is 0.445. The second kappa shape index (κ2) is 4.72. The monoisotopic (exact) mass is 312 g/mol. The van der Waals surface area contributed by atoms with Crippen molar-refractivity contribution in [3.8, 4) is 10.4 Å². The van der Waals surface area contributed by atoms with Crippen LogP contribution in [0.5, 0.6) is 0 Å². The van der Waals surface area contributed by atoms with Gasteiger partial charge in [-0.05, 0) is 29.8 Å². The summed E-state index contributed by atoms with van der Waals surface area (Å²) < 4.78 is 6.29. The smallest absolute Gasteiger partial charge is 0.345 e. The molecular weight excluding hydrogens is 304 g/mol. The molecule has 0 saturated heterocycles. The highest BCUT2D eigenvalue weighted by Gasteiger charge is 2.12. The third kappa shape index (κ3) is 2.06. The number of hydrogen-bond donors (Lipinski definition) is 0. The first-order valence-electron chi connectivity index (χ1n) is 6.44. The zero-order chi connectivity index (χ0) is 14.4. The molecule has 0 N–H and O–H groups in total. The van der Waals surface area contributed by atoms with Crippen LogP contribution < -0.4 is 5.63 Å². The van der Waals surface area contributed by atoms with Crippen LogP contribution in [0.15, 0.2) is 63.8 Å². The van der Waals surface area contributed by atoms with Crippen LogP contribution in [0.3, 0.4) is 0 Å². The molecule has 0 amide bonds. The molecular formula is C17H9ClO2S. The lowest BCUT2D eigenvalue weighted by Gasteiger charge is -1.98. The Bertz CT molecular complexity index is 1020. The summed E-state index contributed by atoms with van der Waals surface area (Å²) in [5.74, 6) is 0. The van der Waals surface area contributed by atoms with E-state index in [-0.39, 0.29) is 5.63 Å². The molecule has 2 nitrogen and oxygen atoms in total. The molecule has 21 heavy (non-hydrogen) atoms. The van der Waals surface area contributed by atoms with Crippen LogP contribution >= 0.6 is 22.9 Å². The molecule has 0 atom stereocenters. The molecule has 0 radical (unpaired) electrons. The van der Waals surface area contributed by atoms with E-state index in [4.69, 9.17) is 16.0 Å². The number of rotatable bonds is 1. The minimum Gasteiger partial charge on any atom is -0.422 e. The first kappa shape index (κ1) is 12.6. The maximum Gasteiger partial charge on any atom is 0.345 e. The van der Waals surface area contributed by atoms with Gasteiger partial charge < -0.3 is 4.42 Å². The fourth-order valence-corrected chi connectivity index (χ4v) is 3.76. The normalized spacial score (nSPS) is 11.3. The summed E-state index contributed by atoms with van der Waals surface area (Å²) in [7, 11) is 0. The van der Waals surface area contributed by atoms with Gasteiger partial charge in [-0.1, -0.05) is 41.9 Å². The standard InChI is InChI=1S/C17H9ClO2S/c18-11-6-7-14-12(8-11)16-13(17(19)20-14)9-15(21-16)10-4-2-1-3-5-10/h1-9H. The average molecular weight is 313 g/mol. The van der Waals surface area contributed by atoms with Crippen molar-refractivity contribution >= 4 is 44.0 Å². The molecule has 2 heterocycles. The molecule has 0 bridgehead atoms. The topological polar surface area (TPSA) is 30.2 Å². The molecule has 4 heteroatoms. The summed E-state index contributed by atoms with van der Waals surface area (Å²) in [6.07, 6.45) is 0. The van der Waals surface area contributed by atoms with Crippen molar-refractivity contribution in [2.45, 2.75) is 0 Å². The van der Waals surface area contributed by atoms with E-state index in [0.29, 0.717) is 16.0 Å². The van der Waals surface area contributed by atoms with Gasteiger partial charge in [0.15, 0.2) is 0 Å². The molecule has 4 aromatic rings. The van der Waals surface area contributed by atoms with Crippen molar-refractivity contribution in [2.24, 2.45) is 0 Å². The molecule has 2 aromatic heterocycles. The van der Waals surface area contributed by atoms with Gasteiger partial charge in [0.1, 0.15) is 5.58 Å². The summed E-state index contributed by atoms with van der Waals surface area (Å²) in [6.45, 7) is 0. The molecule has 0 saturated carbocycles. The van der Waals surface area contributed by atoms with E-state index in [1.54, 1.807) is 23.5 Å². The molecule has 0 fully saturated rings. The van der Waals surface area contributed by atoms with Gasteiger partial charge in [0, 0.05) is 15.3 Å². The highest BCUT2D eigenvalue weighted by Crippen LogP contribution is 2.36. The van der Waals surface area contributed by atoms with Crippen LogP contribution in [-0.4, -0.2) is 0 Å². The zero-order valence-electron chi connectivity index (χ0n) is 10.8. The van der Waals surface area contributed by atoms with Crippen LogP contribution in [0.25, 0.3) is 31.5 Å². The van der Waals surface area contributed by atoms with Crippen molar-refractivity contribution in [3.05, 3.63) is 70.0 Å². The first-order chi connectivity index (χ1) is 10.2. The Balaban J connectivity index is 2.11. The van der Waals surface area contributed by atoms with Crippen LogP contribution in [0.1, 0.15) is 0 Å². The lowest BCUT2D eigenvalue weighted by Crippen LogP contribution is -1.97. The molecule has 0 aliphatic rings. The van der Waals surface area contributed by atoms with Gasteiger partial charge in [-0.25, -0.2) is 4.79 Å². The molecule has 102 valence electrons. The SMILES string of the molecule is O=c1oc2ccc(Cl)cc2c2sc(-c3ccccc3)cc12. The Kier molecular flexibility index (Phi) is 2.84. The molecule has 0 aliphatic carbocycles. The van der Waals surface area contributed by atoms with Crippen LogP contribution in [0, 0.1) is 0 Å². The van der Waals surface area contributed by atoms with Crippen LogP contribution in [-0.2, 0) is 0 Å². The lowest BCUT2D eigenvalue weighted by molar-refractivity contribution is 0.570. The summed E-state index contributed by atoms with van der Waals surface area (Å²) in [5, 5.41) is 2.12. The van der Waals surface area contributed by atoms with Crippen molar-refractivity contribution < 1.29 is 4.42 Å². The summed E-state index contributed by atoms with van der Waals surface area (Å²) >= 11 is 7.65. The Morgan fingerprint density at radius 3 is 2.57 bits per heavy atom. The molecule has 0 unspecified atom stereocenters. The Labute approximate surface area is 129 Å². The van der Waals surface area contributed by atoms with Crippen LogP contribution in [0.4, 0.5) is 0 Å². The fraction of sp³-hybridized carbons (Fsp3) is 0. The number of hydrogen-bond acceptors (Lipinski definition) is 3. The number of halogens is 1. The van der Waals surface area contributed by atoms with Gasteiger partial charge in [-0.15, -0.1) is 11.3 Å². The van der Waals surface area contributed by atoms with Gasteiger partial charge in [-0.3, -0.25) is 0 Å². The molecule has 0 spiro atoms. The van der Waals surface area contributed by atoms with Gasteiger partial charge >= 0.3 is 5.63 Å². The van der Waals surface area contributed by atoms with Crippen molar-refractivity contribution in [1.29, 1.82) is 0 Å². The maximum atomic E-state index is 12.1. The minimum absolute atomic E-state index is 0.307. The van der Waals surface area contributed by atoms with E-state index in [0.717, 1.165) is 20.5 Å². The predicted molar refractivity (Wildman–Crippen MR) is 88.3 cm³/mol. The number of thiophene rings is 1. The Hall–Kier alpha value is -2.10. The highest BCUT2D eigenvalue weighted by molar-refractivity contribution is 7.23. The number of benzene rings is 2. The van der Waals surface area contributed by atoms with E-state index in [1.807, 2.05) is 42.5 Å². The lowest BCUT2D eigenvalue weighted by atomic mass is 10.1. The van der Waals surface area contributed by atoms with E-state index in [1.165, 1.54) is 0 Å². The number of fused-ring (bicyclic) bond motifs is 3. The van der Waals surface area contributed by atoms with Gasteiger partial charge in [0.05, 0.1) is 10.1 Å². The van der Waals surface area contributed by atoms with Crippen LogP contribution in [0.2, 0.25) is 5.02 Å². The third-order valence-corrected chi connectivity index (χ3v) is 4.85. The average Bonchev–Trinajstić information content (AvgIpc) is 2.95. The van der Waals surface area contributed by atoms with Gasteiger partial charge in [0.2, 0.25) is 0 Å².